The van der Waals surface area contributed by atoms with Crippen molar-refractivity contribution in [1.82, 2.24) is 0 Å². The minimum atomic E-state index is -0.404. The topological polar surface area (TPSA) is 132 Å². The number of methoxy groups -OCH3 is 8. The van der Waals surface area contributed by atoms with E-state index in [0.29, 0.717) is 68.5 Å². The number of amides is 2. The number of hydrogen-bond donors (Lipinski definition) is 2. The maximum atomic E-state index is 13.2. The smallest absolute Gasteiger partial charge is 0.256 e. The second-order valence-electron chi connectivity index (χ2n) is 9.57. The summed E-state index contributed by atoms with van der Waals surface area (Å²) in [6.07, 6.45) is 0. The lowest BCUT2D eigenvalue weighted by Crippen LogP contribution is -2.13. The molecule has 0 saturated heterocycles. The largest absolute Gasteiger partial charge is 0.495 e. The Bertz CT molecular complexity index is 1560. The van der Waals surface area contributed by atoms with Gasteiger partial charge in [-0.1, -0.05) is 12.1 Å². The zero-order valence-corrected chi connectivity index (χ0v) is 26.9. The molecule has 0 spiro atoms. The van der Waals surface area contributed by atoms with Crippen molar-refractivity contribution in [2.75, 3.05) is 67.5 Å². The maximum Gasteiger partial charge on any atom is 0.256 e. The van der Waals surface area contributed by atoms with E-state index in [1.165, 1.54) is 56.9 Å². The highest BCUT2D eigenvalue weighted by molar-refractivity contribution is 6.07. The predicted molar refractivity (Wildman–Crippen MR) is 173 cm³/mol. The Labute approximate surface area is 267 Å². The van der Waals surface area contributed by atoms with Crippen LogP contribution in [0.2, 0.25) is 0 Å². The quantitative estimate of drug-likeness (QED) is 0.183. The number of carbonyl (C=O) groups excluding carboxylic acids is 2. The summed E-state index contributed by atoms with van der Waals surface area (Å²) in [5.41, 5.74) is 3.06. The van der Waals surface area contributed by atoms with Crippen LogP contribution in [0.3, 0.4) is 0 Å². The molecule has 0 unspecified atom stereocenters. The molecule has 0 saturated carbocycles. The normalized spacial score (nSPS) is 10.3. The van der Waals surface area contributed by atoms with Gasteiger partial charge in [-0.3, -0.25) is 9.59 Å². The second kappa shape index (κ2) is 14.8. The highest BCUT2D eigenvalue weighted by atomic mass is 16.5. The highest BCUT2D eigenvalue weighted by Crippen LogP contribution is 2.40. The van der Waals surface area contributed by atoms with Gasteiger partial charge >= 0.3 is 0 Å². The van der Waals surface area contributed by atoms with Gasteiger partial charge in [-0.2, -0.15) is 0 Å². The van der Waals surface area contributed by atoms with Crippen molar-refractivity contribution in [3.63, 3.8) is 0 Å². The number of hydrogen-bond acceptors (Lipinski definition) is 10. The predicted octanol–water partition coefficient (Wildman–Crippen LogP) is 5.93. The van der Waals surface area contributed by atoms with E-state index < -0.39 is 11.8 Å². The average Bonchev–Trinajstić information content (AvgIpc) is 3.10. The SMILES string of the molecule is COc1cc(-c2ccc(NC(=O)c3cc(OC)c(OC)c(OC)c3)c(OC)c2)ccc1NC(=O)c1cc(OC)c(OC)c(OC)c1. The standard InChI is InChI=1S/C34H36N2O10/c1-39-25-13-19(9-11-23(25)35-33(37)21-15-27(41-3)31(45-7)28(16-21)42-4)20-10-12-24(26(14-20)40-2)36-34(38)22-17-29(43-5)32(46-8)30(18-22)44-6/h9-18H,1-8H3,(H,35,37)(H,36,38). The lowest BCUT2D eigenvalue weighted by molar-refractivity contribution is 0.101. The molecule has 0 atom stereocenters. The minimum Gasteiger partial charge on any atom is -0.495 e. The molecule has 0 radical (unpaired) electrons. The molecule has 0 aliphatic carbocycles. The molecule has 46 heavy (non-hydrogen) atoms. The van der Waals surface area contributed by atoms with Crippen LogP contribution in [0.15, 0.2) is 60.7 Å². The molecule has 12 heteroatoms. The van der Waals surface area contributed by atoms with Crippen LogP contribution in [0.25, 0.3) is 11.1 Å². The van der Waals surface area contributed by atoms with Crippen LogP contribution in [0.4, 0.5) is 11.4 Å². The van der Waals surface area contributed by atoms with E-state index in [9.17, 15) is 9.59 Å². The van der Waals surface area contributed by atoms with E-state index in [4.69, 9.17) is 37.9 Å². The van der Waals surface area contributed by atoms with Gasteiger partial charge in [0.25, 0.3) is 11.8 Å². The zero-order valence-electron chi connectivity index (χ0n) is 26.9. The summed E-state index contributed by atoms with van der Waals surface area (Å²) >= 11 is 0. The van der Waals surface area contributed by atoms with Gasteiger partial charge in [-0.05, 0) is 59.7 Å². The van der Waals surface area contributed by atoms with E-state index in [1.54, 1.807) is 48.5 Å². The van der Waals surface area contributed by atoms with E-state index in [2.05, 4.69) is 10.6 Å². The number of nitrogens with one attached hydrogen (secondary N) is 2. The van der Waals surface area contributed by atoms with Crippen LogP contribution in [0.1, 0.15) is 20.7 Å². The molecular weight excluding hydrogens is 596 g/mol. The van der Waals surface area contributed by atoms with E-state index in [-0.39, 0.29) is 0 Å². The minimum absolute atomic E-state index is 0.300. The summed E-state index contributed by atoms with van der Waals surface area (Å²) in [4.78, 5) is 26.4. The Balaban J connectivity index is 1.58. The van der Waals surface area contributed by atoms with Crippen molar-refractivity contribution in [2.24, 2.45) is 0 Å². The first-order valence-electron chi connectivity index (χ1n) is 13.8. The molecule has 0 aromatic heterocycles. The van der Waals surface area contributed by atoms with Crippen LogP contribution in [0, 0.1) is 0 Å². The zero-order chi connectivity index (χ0) is 33.4. The summed E-state index contributed by atoms with van der Waals surface area (Å²) in [6, 6.07) is 16.9. The third kappa shape index (κ3) is 6.80. The lowest BCUT2D eigenvalue weighted by atomic mass is 10.0. The highest BCUT2D eigenvalue weighted by Gasteiger charge is 2.20. The third-order valence-corrected chi connectivity index (χ3v) is 7.09. The van der Waals surface area contributed by atoms with Crippen LogP contribution >= 0.6 is 0 Å². The van der Waals surface area contributed by atoms with Crippen LogP contribution in [-0.2, 0) is 0 Å². The van der Waals surface area contributed by atoms with Crippen molar-refractivity contribution in [2.45, 2.75) is 0 Å². The molecule has 12 nitrogen and oxygen atoms in total. The number of ether oxygens (including phenoxy) is 8. The molecule has 2 amide bonds. The molecule has 0 bridgehead atoms. The third-order valence-electron chi connectivity index (χ3n) is 7.09. The van der Waals surface area contributed by atoms with E-state index >= 15 is 0 Å². The molecule has 4 aromatic carbocycles. The van der Waals surface area contributed by atoms with Gasteiger partial charge in [0, 0.05) is 11.1 Å². The number of carbonyl (C=O) groups is 2. The Kier molecular flexibility index (Phi) is 10.7. The molecule has 242 valence electrons. The lowest BCUT2D eigenvalue weighted by Gasteiger charge is -2.16. The summed E-state index contributed by atoms with van der Waals surface area (Å²) < 4.78 is 43.4. The van der Waals surface area contributed by atoms with Crippen LogP contribution in [-0.4, -0.2) is 68.7 Å². The fraction of sp³-hybridized carbons (Fsp3) is 0.235. The second-order valence-corrected chi connectivity index (χ2v) is 9.57. The van der Waals surface area contributed by atoms with Gasteiger partial charge in [0.05, 0.1) is 68.3 Å². The molecule has 4 aromatic rings. The molecule has 0 heterocycles. The van der Waals surface area contributed by atoms with E-state index in [1.807, 2.05) is 12.1 Å². The molecule has 4 rings (SSSR count). The van der Waals surface area contributed by atoms with Crippen molar-refractivity contribution in [3.05, 3.63) is 71.8 Å². The van der Waals surface area contributed by atoms with Crippen molar-refractivity contribution in [1.29, 1.82) is 0 Å². The van der Waals surface area contributed by atoms with Crippen molar-refractivity contribution < 1.29 is 47.5 Å². The fourth-order valence-electron chi connectivity index (χ4n) is 4.76. The molecule has 2 N–H and O–H groups in total. The molecule has 0 fully saturated rings. The average molecular weight is 633 g/mol. The fourth-order valence-corrected chi connectivity index (χ4v) is 4.76. The molecular formula is C34H36N2O10. The van der Waals surface area contributed by atoms with Gasteiger partial charge in [0.2, 0.25) is 11.5 Å². The van der Waals surface area contributed by atoms with Crippen molar-refractivity contribution >= 4 is 23.2 Å². The first-order chi connectivity index (χ1) is 22.2. The summed E-state index contributed by atoms with van der Waals surface area (Å²) in [5.74, 6) is 2.22. The van der Waals surface area contributed by atoms with Gasteiger partial charge in [0.15, 0.2) is 23.0 Å². The van der Waals surface area contributed by atoms with E-state index in [0.717, 1.165) is 11.1 Å². The number of benzene rings is 4. The van der Waals surface area contributed by atoms with Gasteiger partial charge in [-0.25, -0.2) is 0 Å². The summed E-state index contributed by atoms with van der Waals surface area (Å²) in [5, 5.41) is 5.75. The van der Waals surface area contributed by atoms with Gasteiger partial charge in [-0.15, -0.1) is 0 Å². The Morgan fingerprint density at radius 3 is 0.978 bits per heavy atom. The summed E-state index contributed by atoms with van der Waals surface area (Å²) in [7, 11) is 11.9. The number of anilines is 2. The molecule has 0 aliphatic rings. The molecule has 0 aliphatic heterocycles. The Hall–Kier alpha value is -5.78. The first kappa shape index (κ1) is 33.1. The Morgan fingerprint density at radius 2 is 0.717 bits per heavy atom. The van der Waals surface area contributed by atoms with Crippen LogP contribution in [0.5, 0.6) is 46.0 Å². The number of rotatable bonds is 13. The van der Waals surface area contributed by atoms with Gasteiger partial charge < -0.3 is 48.5 Å². The monoisotopic (exact) mass is 632 g/mol. The maximum absolute atomic E-state index is 13.2. The Morgan fingerprint density at radius 1 is 0.413 bits per heavy atom. The summed E-state index contributed by atoms with van der Waals surface area (Å²) in [6.45, 7) is 0. The van der Waals surface area contributed by atoms with Gasteiger partial charge in [0.1, 0.15) is 11.5 Å². The van der Waals surface area contributed by atoms with Crippen molar-refractivity contribution in [3.8, 4) is 57.1 Å². The first-order valence-corrected chi connectivity index (χ1v) is 13.8. The van der Waals surface area contributed by atoms with Crippen LogP contribution < -0.4 is 48.5 Å².